The molecular weight excluding hydrogens is 220 g/mol. The molecule has 1 unspecified atom stereocenters. The Morgan fingerprint density at radius 2 is 2.25 bits per heavy atom. The van der Waals surface area contributed by atoms with Crippen molar-refractivity contribution in [2.24, 2.45) is 0 Å². The molecule has 2 heterocycles. The van der Waals surface area contributed by atoms with E-state index < -0.39 is 0 Å². The molecule has 5 heteroatoms. The summed E-state index contributed by atoms with van der Waals surface area (Å²) in [6, 6.07) is 0.715. The van der Waals surface area contributed by atoms with Crippen LogP contribution in [0.5, 0.6) is 0 Å². The van der Waals surface area contributed by atoms with Crippen molar-refractivity contribution in [3.63, 3.8) is 0 Å². The van der Waals surface area contributed by atoms with Gasteiger partial charge in [0.05, 0.1) is 6.54 Å². The molecule has 0 radical (unpaired) electrons. The molecule has 1 saturated heterocycles. The van der Waals surface area contributed by atoms with Crippen LogP contribution in [-0.2, 0) is 6.54 Å². The molecule has 0 amide bonds. The van der Waals surface area contributed by atoms with E-state index in [9.17, 15) is 0 Å². The van der Waals surface area contributed by atoms with Crippen molar-refractivity contribution in [3.8, 4) is 0 Å². The summed E-state index contributed by atoms with van der Waals surface area (Å²) < 4.78 is 0. The van der Waals surface area contributed by atoms with Crippen LogP contribution in [0.3, 0.4) is 0 Å². The topological polar surface area (TPSA) is 55.0 Å². The van der Waals surface area contributed by atoms with Gasteiger partial charge in [-0.25, -0.2) is 0 Å². The normalized spacial score (nSPS) is 23.2. The van der Waals surface area contributed by atoms with Crippen LogP contribution >= 0.6 is 11.3 Å². The van der Waals surface area contributed by atoms with Gasteiger partial charge in [-0.05, 0) is 25.8 Å². The number of anilines is 1. The van der Waals surface area contributed by atoms with Gasteiger partial charge in [0.1, 0.15) is 5.01 Å². The highest BCUT2D eigenvalue weighted by Gasteiger charge is 2.20. The van der Waals surface area contributed by atoms with Gasteiger partial charge >= 0.3 is 0 Å². The monoisotopic (exact) mass is 240 g/mol. The average Bonchev–Trinajstić information content (AvgIpc) is 2.56. The minimum atomic E-state index is 0.581. The van der Waals surface area contributed by atoms with Crippen molar-refractivity contribution in [3.05, 3.63) is 5.01 Å². The smallest absolute Gasteiger partial charge is 0.203 e. The summed E-state index contributed by atoms with van der Waals surface area (Å²) in [7, 11) is 0. The van der Waals surface area contributed by atoms with E-state index in [1.807, 2.05) is 0 Å². The second kappa shape index (κ2) is 5.59. The molecular formula is C11H20N4S. The van der Waals surface area contributed by atoms with E-state index in [0.717, 1.165) is 11.6 Å². The van der Waals surface area contributed by atoms with Gasteiger partial charge in [0.15, 0.2) is 0 Å². The van der Waals surface area contributed by atoms with Crippen molar-refractivity contribution >= 4 is 16.5 Å². The molecule has 0 aromatic carbocycles. The Morgan fingerprint density at radius 3 is 2.94 bits per heavy atom. The first-order valence-electron chi connectivity index (χ1n) is 6.11. The van der Waals surface area contributed by atoms with Gasteiger partial charge in [0, 0.05) is 6.04 Å². The zero-order valence-corrected chi connectivity index (χ0v) is 10.7. The summed E-state index contributed by atoms with van der Waals surface area (Å²) in [6.45, 7) is 4.39. The minimum absolute atomic E-state index is 0.581. The van der Waals surface area contributed by atoms with Gasteiger partial charge in [-0.1, -0.05) is 31.1 Å². The molecule has 0 bridgehead atoms. The fraction of sp³-hybridized carbons (Fsp3) is 0.818. The highest BCUT2D eigenvalue weighted by Crippen LogP contribution is 2.22. The van der Waals surface area contributed by atoms with Gasteiger partial charge in [-0.3, -0.25) is 4.90 Å². The largest absolute Gasteiger partial charge is 0.374 e. The zero-order chi connectivity index (χ0) is 11.4. The molecule has 0 spiro atoms. The Morgan fingerprint density at radius 1 is 1.38 bits per heavy atom. The number of nitrogens with zero attached hydrogens (tertiary/aromatic N) is 3. The van der Waals surface area contributed by atoms with Gasteiger partial charge in [0.25, 0.3) is 0 Å². The lowest BCUT2D eigenvalue weighted by Crippen LogP contribution is -2.33. The number of aromatic nitrogens is 2. The van der Waals surface area contributed by atoms with E-state index in [-0.39, 0.29) is 0 Å². The van der Waals surface area contributed by atoms with Crippen molar-refractivity contribution in [1.29, 1.82) is 0 Å². The van der Waals surface area contributed by atoms with E-state index in [0.29, 0.717) is 11.2 Å². The molecule has 0 saturated carbocycles. The van der Waals surface area contributed by atoms with E-state index >= 15 is 0 Å². The summed E-state index contributed by atoms with van der Waals surface area (Å²) >= 11 is 1.51. The maximum absolute atomic E-state index is 5.61. The Bertz CT molecular complexity index is 326. The summed E-state index contributed by atoms with van der Waals surface area (Å²) in [5.41, 5.74) is 5.61. The molecule has 90 valence electrons. The SMILES string of the molecule is CCC1CCCCCN1Cc1nnc(N)s1. The Labute approximate surface area is 101 Å². The minimum Gasteiger partial charge on any atom is -0.374 e. The summed E-state index contributed by atoms with van der Waals surface area (Å²) in [5.74, 6) is 0. The molecule has 1 aliphatic rings. The number of likely N-dealkylation sites (tertiary alicyclic amines) is 1. The van der Waals surface area contributed by atoms with Crippen LogP contribution in [0, 0.1) is 0 Å². The van der Waals surface area contributed by atoms with Crippen LogP contribution in [0.15, 0.2) is 0 Å². The number of nitrogens with two attached hydrogens (primary N) is 1. The standard InChI is InChI=1S/C11H20N4S/c1-2-9-6-4-3-5-7-15(9)8-10-13-14-11(12)16-10/h9H,2-8H2,1H3,(H2,12,14). The Balaban J connectivity index is 1.99. The molecule has 16 heavy (non-hydrogen) atoms. The molecule has 1 fully saturated rings. The fourth-order valence-electron chi connectivity index (χ4n) is 2.41. The third-order valence-electron chi connectivity index (χ3n) is 3.29. The predicted molar refractivity (Wildman–Crippen MR) is 67.3 cm³/mol. The van der Waals surface area contributed by atoms with Crippen molar-refractivity contribution < 1.29 is 0 Å². The number of hydrogen-bond donors (Lipinski definition) is 1. The number of nitrogen functional groups attached to an aromatic ring is 1. The van der Waals surface area contributed by atoms with Crippen molar-refractivity contribution in [2.45, 2.75) is 51.6 Å². The Kier molecular flexibility index (Phi) is 4.12. The first-order chi connectivity index (χ1) is 7.79. The molecule has 1 aromatic rings. The van der Waals surface area contributed by atoms with Crippen LogP contribution in [0.1, 0.15) is 44.0 Å². The van der Waals surface area contributed by atoms with Crippen LogP contribution < -0.4 is 5.73 Å². The lowest BCUT2D eigenvalue weighted by molar-refractivity contribution is 0.185. The maximum Gasteiger partial charge on any atom is 0.203 e. The van der Waals surface area contributed by atoms with Crippen LogP contribution in [-0.4, -0.2) is 27.7 Å². The first kappa shape index (κ1) is 11.8. The molecule has 1 atom stereocenters. The van der Waals surface area contributed by atoms with Crippen molar-refractivity contribution in [2.75, 3.05) is 12.3 Å². The molecule has 0 aliphatic carbocycles. The van der Waals surface area contributed by atoms with Crippen LogP contribution in [0.25, 0.3) is 0 Å². The van der Waals surface area contributed by atoms with E-state index in [2.05, 4.69) is 22.0 Å². The number of hydrogen-bond acceptors (Lipinski definition) is 5. The first-order valence-corrected chi connectivity index (χ1v) is 6.93. The third-order valence-corrected chi connectivity index (χ3v) is 4.03. The highest BCUT2D eigenvalue weighted by atomic mass is 32.1. The maximum atomic E-state index is 5.61. The summed E-state index contributed by atoms with van der Waals surface area (Å²) in [6.07, 6.45) is 6.60. The van der Waals surface area contributed by atoms with Crippen LogP contribution in [0.2, 0.25) is 0 Å². The van der Waals surface area contributed by atoms with Gasteiger partial charge in [-0.15, -0.1) is 10.2 Å². The quantitative estimate of drug-likeness (QED) is 0.880. The number of rotatable bonds is 3. The van der Waals surface area contributed by atoms with Crippen molar-refractivity contribution in [1.82, 2.24) is 15.1 Å². The zero-order valence-electron chi connectivity index (χ0n) is 9.85. The summed E-state index contributed by atoms with van der Waals surface area (Å²) in [5, 5.41) is 9.62. The van der Waals surface area contributed by atoms with Gasteiger partial charge in [0.2, 0.25) is 5.13 Å². The highest BCUT2D eigenvalue weighted by molar-refractivity contribution is 7.15. The molecule has 1 aromatic heterocycles. The van der Waals surface area contributed by atoms with E-state index in [4.69, 9.17) is 5.73 Å². The summed E-state index contributed by atoms with van der Waals surface area (Å²) in [4.78, 5) is 2.55. The van der Waals surface area contributed by atoms with Gasteiger partial charge < -0.3 is 5.73 Å². The van der Waals surface area contributed by atoms with E-state index in [1.54, 1.807) is 0 Å². The predicted octanol–water partition coefficient (Wildman–Crippen LogP) is 2.27. The molecule has 1 aliphatic heterocycles. The second-order valence-corrected chi connectivity index (χ2v) is 5.51. The fourth-order valence-corrected chi connectivity index (χ4v) is 3.05. The molecule has 4 nitrogen and oxygen atoms in total. The second-order valence-electron chi connectivity index (χ2n) is 4.42. The third kappa shape index (κ3) is 2.92. The van der Waals surface area contributed by atoms with E-state index in [1.165, 1.54) is 50.0 Å². The average molecular weight is 240 g/mol. The lowest BCUT2D eigenvalue weighted by Gasteiger charge is -2.27. The molecule has 2 rings (SSSR count). The van der Waals surface area contributed by atoms with Crippen LogP contribution in [0.4, 0.5) is 5.13 Å². The lowest BCUT2D eigenvalue weighted by atomic mass is 10.1. The molecule has 2 N–H and O–H groups in total. The Hall–Kier alpha value is -0.680. The van der Waals surface area contributed by atoms with Gasteiger partial charge in [-0.2, -0.15) is 0 Å².